The molecule has 2 aromatic carbocycles. The highest BCUT2D eigenvalue weighted by Crippen LogP contribution is 2.32. The first-order valence-corrected chi connectivity index (χ1v) is 11.2. The van der Waals surface area contributed by atoms with Crippen molar-refractivity contribution in [2.45, 2.75) is 4.34 Å². The molecule has 0 radical (unpaired) electrons. The number of hydrogen-bond donors (Lipinski definition) is 1. The average Bonchev–Trinajstić information content (AvgIpc) is 3.15. The zero-order valence-electron chi connectivity index (χ0n) is 15.4. The number of aromatic hydroxyl groups is 1. The van der Waals surface area contributed by atoms with Gasteiger partial charge in [-0.1, -0.05) is 23.4 Å². The Labute approximate surface area is 181 Å². The van der Waals surface area contributed by atoms with Crippen molar-refractivity contribution < 1.29 is 14.6 Å². The van der Waals surface area contributed by atoms with E-state index in [0.717, 1.165) is 20.2 Å². The number of morpholine rings is 1. The predicted molar refractivity (Wildman–Crippen MR) is 118 cm³/mol. The van der Waals surface area contributed by atoms with E-state index in [0.29, 0.717) is 42.6 Å². The lowest BCUT2D eigenvalue weighted by Crippen LogP contribution is -2.41. The summed E-state index contributed by atoms with van der Waals surface area (Å²) in [6.07, 6.45) is 1.58. The smallest absolute Gasteiger partial charge is 0.233 e. The maximum Gasteiger partial charge on any atom is 0.233 e. The molecule has 1 aliphatic rings. The number of rotatable bonds is 5. The van der Waals surface area contributed by atoms with Gasteiger partial charge < -0.3 is 14.7 Å². The van der Waals surface area contributed by atoms with Crippen LogP contribution in [0, 0.1) is 0 Å². The zero-order chi connectivity index (χ0) is 20.2. The van der Waals surface area contributed by atoms with Crippen molar-refractivity contribution in [1.82, 2.24) is 9.88 Å². The van der Waals surface area contributed by atoms with Gasteiger partial charge in [0, 0.05) is 29.9 Å². The molecule has 1 amide bonds. The minimum atomic E-state index is 0.115. The highest BCUT2D eigenvalue weighted by Gasteiger charge is 2.17. The first-order chi connectivity index (χ1) is 14.1. The van der Waals surface area contributed by atoms with Crippen molar-refractivity contribution in [3.05, 3.63) is 47.0 Å². The van der Waals surface area contributed by atoms with Crippen LogP contribution in [0.4, 0.5) is 5.69 Å². The standard InChI is InChI=1S/C20H18ClN3O3S2/c21-14-1-4-17(25)13(9-14)11-22-15-2-3-16-18(10-15)29-20(23-16)28-12-19(26)24-5-7-27-8-6-24/h1-4,9-11,25H,5-8,12H2. The number of nitrogens with zero attached hydrogens (tertiary/aromatic N) is 3. The van der Waals surface area contributed by atoms with Crippen LogP contribution in [0.2, 0.25) is 5.02 Å². The van der Waals surface area contributed by atoms with Crippen molar-refractivity contribution in [2.24, 2.45) is 4.99 Å². The van der Waals surface area contributed by atoms with Crippen LogP contribution >= 0.6 is 34.7 Å². The largest absolute Gasteiger partial charge is 0.507 e. The summed E-state index contributed by atoms with van der Waals surface area (Å²) >= 11 is 8.96. The molecule has 1 aromatic heterocycles. The van der Waals surface area contributed by atoms with E-state index in [1.807, 2.05) is 23.1 Å². The van der Waals surface area contributed by atoms with E-state index in [9.17, 15) is 9.90 Å². The third-order valence-electron chi connectivity index (χ3n) is 4.38. The summed E-state index contributed by atoms with van der Waals surface area (Å²) in [7, 11) is 0. The highest BCUT2D eigenvalue weighted by atomic mass is 35.5. The minimum absolute atomic E-state index is 0.115. The van der Waals surface area contributed by atoms with Crippen LogP contribution in [0.1, 0.15) is 5.56 Å². The third-order valence-corrected chi connectivity index (χ3v) is 6.76. The fourth-order valence-corrected chi connectivity index (χ4v) is 5.02. The molecule has 0 unspecified atom stereocenters. The first kappa shape index (κ1) is 20.2. The molecule has 2 heterocycles. The number of amides is 1. The molecular weight excluding hydrogens is 430 g/mol. The van der Waals surface area contributed by atoms with Crippen molar-refractivity contribution in [2.75, 3.05) is 32.1 Å². The van der Waals surface area contributed by atoms with Crippen LogP contribution in [0.5, 0.6) is 5.75 Å². The number of aliphatic imine (C=N–C) groups is 1. The Bertz CT molecular complexity index is 1060. The second kappa shape index (κ2) is 9.13. The van der Waals surface area contributed by atoms with Gasteiger partial charge >= 0.3 is 0 Å². The fourth-order valence-electron chi connectivity index (χ4n) is 2.83. The third kappa shape index (κ3) is 5.08. The maximum absolute atomic E-state index is 12.3. The normalized spacial score (nSPS) is 14.7. The molecule has 3 aromatic rings. The van der Waals surface area contributed by atoms with Gasteiger partial charge in [-0.15, -0.1) is 11.3 Å². The van der Waals surface area contributed by atoms with Crippen LogP contribution in [0.3, 0.4) is 0 Å². The number of halogens is 1. The number of phenols is 1. The fraction of sp³-hybridized carbons (Fsp3) is 0.250. The number of thiazole rings is 1. The number of thioether (sulfide) groups is 1. The zero-order valence-corrected chi connectivity index (χ0v) is 17.8. The van der Waals surface area contributed by atoms with Crippen LogP contribution < -0.4 is 0 Å². The Morgan fingerprint density at radius 3 is 2.97 bits per heavy atom. The second-order valence-corrected chi connectivity index (χ2v) is 9.06. The van der Waals surface area contributed by atoms with E-state index in [2.05, 4.69) is 9.98 Å². The number of carbonyl (C=O) groups excluding carboxylic acids is 1. The summed E-state index contributed by atoms with van der Waals surface area (Å²) in [6.45, 7) is 2.52. The molecule has 0 spiro atoms. The average molecular weight is 448 g/mol. The van der Waals surface area contributed by atoms with Gasteiger partial charge in [-0.25, -0.2) is 4.98 Å². The minimum Gasteiger partial charge on any atom is -0.507 e. The van der Waals surface area contributed by atoms with E-state index >= 15 is 0 Å². The number of benzene rings is 2. The van der Waals surface area contributed by atoms with E-state index in [4.69, 9.17) is 16.3 Å². The lowest BCUT2D eigenvalue weighted by atomic mass is 10.2. The monoisotopic (exact) mass is 447 g/mol. The van der Waals surface area contributed by atoms with Crippen LogP contribution in [0.15, 0.2) is 45.7 Å². The highest BCUT2D eigenvalue weighted by molar-refractivity contribution is 8.01. The molecule has 1 fully saturated rings. The molecule has 1 N–H and O–H groups in total. The Kier molecular flexibility index (Phi) is 6.34. The molecule has 0 atom stereocenters. The summed E-state index contributed by atoms with van der Waals surface area (Å²) < 4.78 is 7.13. The lowest BCUT2D eigenvalue weighted by molar-refractivity contribution is -0.132. The predicted octanol–water partition coefficient (Wildman–Crippen LogP) is 4.36. The van der Waals surface area contributed by atoms with Crippen LogP contribution in [0.25, 0.3) is 10.2 Å². The van der Waals surface area contributed by atoms with Gasteiger partial charge in [-0.2, -0.15) is 0 Å². The molecule has 150 valence electrons. The first-order valence-electron chi connectivity index (χ1n) is 9.00. The van der Waals surface area contributed by atoms with Gasteiger partial charge in [0.15, 0.2) is 4.34 Å². The maximum atomic E-state index is 12.3. The summed E-state index contributed by atoms with van der Waals surface area (Å²) in [5, 5.41) is 10.4. The van der Waals surface area contributed by atoms with Gasteiger partial charge in [-0.3, -0.25) is 9.79 Å². The van der Waals surface area contributed by atoms with Crippen LogP contribution in [-0.4, -0.2) is 59.2 Å². The molecule has 6 nitrogen and oxygen atoms in total. The summed E-state index contributed by atoms with van der Waals surface area (Å²) in [6, 6.07) is 10.5. The molecule has 0 bridgehead atoms. The summed E-state index contributed by atoms with van der Waals surface area (Å²) in [5.74, 6) is 0.614. The summed E-state index contributed by atoms with van der Waals surface area (Å²) in [5.41, 5.74) is 2.18. The van der Waals surface area contributed by atoms with E-state index < -0.39 is 0 Å². The summed E-state index contributed by atoms with van der Waals surface area (Å²) in [4.78, 5) is 23.1. The quantitative estimate of drug-likeness (QED) is 0.464. The molecule has 29 heavy (non-hydrogen) atoms. The number of aromatic nitrogens is 1. The molecule has 1 saturated heterocycles. The van der Waals surface area contributed by atoms with Gasteiger partial charge in [0.1, 0.15) is 5.75 Å². The molecule has 0 saturated carbocycles. The second-order valence-electron chi connectivity index (χ2n) is 6.37. The van der Waals surface area contributed by atoms with E-state index in [1.54, 1.807) is 18.3 Å². The SMILES string of the molecule is O=C(CSc1nc2ccc(N=Cc3cc(Cl)ccc3O)cc2s1)N1CCOCC1. The van der Waals surface area contributed by atoms with Gasteiger partial charge in [-0.05, 0) is 36.4 Å². The van der Waals surface area contributed by atoms with E-state index in [1.165, 1.54) is 29.2 Å². The topological polar surface area (TPSA) is 75.0 Å². The Morgan fingerprint density at radius 2 is 2.14 bits per heavy atom. The van der Waals surface area contributed by atoms with Crippen LogP contribution in [-0.2, 0) is 9.53 Å². The number of phenolic OH excluding ortho intramolecular Hbond substituents is 1. The number of ether oxygens (including phenoxy) is 1. The van der Waals surface area contributed by atoms with Crippen molar-refractivity contribution in [3.8, 4) is 5.75 Å². The molecular formula is C20H18ClN3O3S2. The van der Waals surface area contributed by atoms with Crippen molar-refractivity contribution in [3.63, 3.8) is 0 Å². The Balaban J connectivity index is 1.44. The molecule has 9 heteroatoms. The van der Waals surface area contributed by atoms with E-state index in [-0.39, 0.29) is 11.7 Å². The molecule has 0 aliphatic carbocycles. The molecule has 4 rings (SSSR count). The number of hydrogen-bond acceptors (Lipinski definition) is 7. The van der Waals surface area contributed by atoms with Gasteiger partial charge in [0.2, 0.25) is 5.91 Å². The Hall–Kier alpha value is -2.13. The lowest BCUT2D eigenvalue weighted by Gasteiger charge is -2.26. The van der Waals surface area contributed by atoms with Crippen molar-refractivity contribution >= 4 is 62.7 Å². The van der Waals surface area contributed by atoms with Crippen molar-refractivity contribution in [1.29, 1.82) is 0 Å². The number of fused-ring (bicyclic) bond motifs is 1. The van der Waals surface area contributed by atoms with Gasteiger partial charge in [0.05, 0.1) is 34.9 Å². The van der Waals surface area contributed by atoms with Gasteiger partial charge in [0.25, 0.3) is 0 Å². The number of carbonyl (C=O) groups is 1. The Morgan fingerprint density at radius 1 is 1.31 bits per heavy atom. The molecule has 1 aliphatic heterocycles.